The van der Waals surface area contributed by atoms with Crippen molar-refractivity contribution < 1.29 is 5.11 Å². The SMILES string of the molecule is CC1CC(NCCCO)CN(CC2CC2)C1. The molecule has 0 bridgehead atoms. The molecule has 0 aromatic carbocycles. The van der Waals surface area contributed by atoms with Crippen molar-refractivity contribution in [3.63, 3.8) is 0 Å². The van der Waals surface area contributed by atoms with E-state index in [-0.39, 0.29) is 0 Å². The Morgan fingerprint density at radius 3 is 2.81 bits per heavy atom. The van der Waals surface area contributed by atoms with E-state index in [2.05, 4.69) is 17.1 Å². The van der Waals surface area contributed by atoms with Gasteiger partial charge in [-0.25, -0.2) is 0 Å². The van der Waals surface area contributed by atoms with Crippen LogP contribution in [0.2, 0.25) is 0 Å². The maximum Gasteiger partial charge on any atom is 0.0443 e. The first-order valence-electron chi connectivity index (χ1n) is 6.84. The molecular weight excluding hydrogens is 200 g/mol. The molecule has 1 aliphatic heterocycles. The quantitative estimate of drug-likeness (QED) is 0.665. The van der Waals surface area contributed by atoms with Gasteiger partial charge in [-0.05, 0) is 44.1 Å². The number of piperidine rings is 1. The molecule has 0 amide bonds. The zero-order valence-corrected chi connectivity index (χ0v) is 10.5. The molecule has 2 N–H and O–H groups in total. The van der Waals surface area contributed by atoms with Crippen molar-refractivity contribution in [2.75, 3.05) is 32.8 Å². The molecule has 0 aromatic heterocycles. The third-order valence-electron chi connectivity index (χ3n) is 3.72. The summed E-state index contributed by atoms with van der Waals surface area (Å²) in [5.74, 6) is 1.82. The van der Waals surface area contributed by atoms with Gasteiger partial charge in [0.1, 0.15) is 0 Å². The van der Waals surface area contributed by atoms with E-state index >= 15 is 0 Å². The van der Waals surface area contributed by atoms with Gasteiger partial charge in [0.15, 0.2) is 0 Å². The molecule has 2 rings (SSSR count). The maximum atomic E-state index is 8.78. The van der Waals surface area contributed by atoms with Gasteiger partial charge in [-0.15, -0.1) is 0 Å². The lowest BCUT2D eigenvalue weighted by atomic mass is 9.95. The fourth-order valence-electron chi connectivity index (χ4n) is 2.81. The Labute approximate surface area is 99.2 Å². The fraction of sp³-hybridized carbons (Fsp3) is 1.00. The predicted octanol–water partition coefficient (Wildman–Crippen LogP) is 1.08. The van der Waals surface area contributed by atoms with Crippen molar-refractivity contribution in [3.8, 4) is 0 Å². The van der Waals surface area contributed by atoms with Gasteiger partial charge >= 0.3 is 0 Å². The molecule has 0 spiro atoms. The summed E-state index contributed by atoms with van der Waals surface area (Å²) in [6.45, 7) is 7.45. The minimum absolute atomic E-state index is 0.307. The highest BCUT2D eigenvalue weighted by Gasteiger charge is 2.29. The van der Waals surface area contributed by atoms with Crippen LogP contribution < -0.4 is 5.32 Å². The van der Waals surface area contributed by atoms with Crippen molar-refractivity contribution in [2.24, 2.45) is 11.8 Å². The zero-order chi connectivity index (χ0) is 11.4. The third-order valence-corrected chi connectivity index (χ3v) is 3.72. The standard InChI is InChI=1S/C13H26N2O/c1-11-7-13(14-5-2-6-16)10-15(8-11)9-12-3-4-12/h11-14,16H,2-10H2,1H3. The van der Waals surface area contributed by atoms with Crippen LogP contribution in [-0.2, 0) is 0 Å². The molecule has 2 aliphatic rings. The maximum absolute atomic E-state index is 8.78. The van der Waals surface area contributed by atoms with Crippen LogP contribution in [0.25, 0.3) is 0 Å². The van der Waals surface area contributed by atoms with E-state index in [0.29, 0.717) is 12.6 Å². The van der Waals surface area contributed by atoms with Crippen molar-refractivity contribution in [1.82, 2.24) is 10.2 Å². The summed E-state index contributed by atoms with van der Waals surface area (Å²) in [5, 5.41) is 12.4. The first-order chi connectivity index (χ1) is 7.78. The molecule has 1 aliphatic carbocycles. The Bertz CT molecular complexity index is 204. The average Bonchev–Trinajstić information content (AvgIpc) is 3.01. The molecular formula is C13H26N2O. The van der Waals surface area contributed by atoms with Crippen LogP contribution in [0.5, 0.6) is 0 Å². The van der Waals surface area contributed by atoms with Gasteiger partial charge in [0, 0.05) is 32.3 Å². The molecule has 0 aromatic rings. The van der Waals surface area contributed by atoms with E-state index in [0.717, 1.165) is 24.8 Å². The molecule has 3 heteroatoms. The number of nitrogens with one attached hydrogen (secondary N) is 1. The van der Waals surface area contributed by atoms with E-state index in [4.69, 9.17) is 5.11 Å². The van der Waals surface area contributed by atoms with Gasteiger partial charge in [0.25, 0.3) is 0 Å². The topological polar surface area (TPSA) is 35.5 Å². The molecule has 2 unspecified atom stereocenters. The largest absolute Gasteiger partial charge is 0.396 e. The highest BCUT2D eigenvalue weighted by molar-refractivity contribution is 4.85. The van der Waals surface area contributed by atoms with Crippen LogP contribution in [0.1, 0.15) is 32.6 Å². The second kappa shape index (κ2) is 5.99. The summed E-state index contributed by atoms with van der Waals surface area (Å²) < 4.78 is 0. The molecule has 1 heterocycles. The number of hydrogen-bond donors (Lipinski definition) is 2. The summed E-state index contributed by atoms with van der Waals surface area (Å²) in [5.41, 5.74) is 0. The number of hydrogen-bond acceptors (Lipinski definition) is 3. The van der Waals surface area contributed by atoms with Crippen LogP contribution in [0.4, 0.5) is 0 Å². The Balaban J connectivity index is 1.70. The first kappa shape index (κ1) is 12.3. The van der Waals surface area contributed by atoms with Gasteiger partial charge in [0.05, 0.1) is 0 Å². The summed E-state index contributed by atoms with van der Waals surface area (Å²) >= 11 is 0. The molecule has 2 atom stereocenters. The average molecular weight is 226 g/mol. The van der Waals surface area contributed by atoms with Crippen molar-refractivity contribution in [2.45, 2.75) is 38.6 Å². The summed E-state index contributed by atoms with van der Waals surface area (Å²) in [6.07, 6.45) is 5.08. The van der Waals surface area contributed by atoms with Gasteiger partial charge in [0.2, 0.25) is 0 Å². The Kier molecular flexibility index (Phi) is 4.62. The number of aliphatic hydroxyl groups excluding tert-OH is 1. The summed E-state index contributed by atoms with van der Waals surface area (Å²) in [7, 11) is 0. The minimum Gasteiger partial charge on any atom is -0.396 e. The van der Waals surface area contributed by atoms with Gasteiger partial charge in [-0.1, -0.05) is 6.92 Å². The van der Waals surface area contributed by atoms with E-state index in [9.17, 15) is 0 Å². The normalized spacial score (nSPS) is 31.9. The highest BCUT2D eigenvalue weighted by Crippen LogP contribution is 2.31. The number of likely N-dealkylation sites (tertiary alicyclic amines) is 1. The Morgan fingerprint density at radius 2 is 2.12 bits per heavy atom. The van der Waals surface area contributed by atoms with Crippen LogP contribution in [0.3, 0.4) is 0 Å². The van der Waals surface area contributed by atoms with Crippen LogP contribution >= 0.6 is 0 Å². The molecule has 3 nitrogen and oxygen atoms in total. The smallest absolute Gasteiger partial charge is 0.0443 e. The number of rotatable bonds is 6. The van der Waals surface area contributed by atoms with Crippen molar-refractivity contribution in [1.29, 1.82) is 0 Å². The molecule has 1 saturated heterocycles. The molecule has 2 fully saturated rings. The minimum atomic E-state index is 0.307. The van der Waals surface area contributed by atoms with E-state index in [1.807, 2.05) is 0 Å². The fourth-order valence-corrected chi connectivity index (χ4v) is 2.81. The molecule has 94 valence electrons. The lowest BCUT2D eigenvalue weighted by Gasteiger charge is -2.37. The van der Waals surface area contributed by atoms with Gasteiger partial charge in [-0.2, -0.15) is 0 Å². The van der Waals surface area contributed by atoms with Crippen molar-refractivity contribution in [3.05, 3.63) is 0 Å². The number of aliphatic hydroxyl groups is 1. The van der Waals surface area contributed by atoms with Crippen molar-refractivity contribution >= 4 is 0 Å². The van der Waals surface area contributed by atoms with E-state index in [1.54, 1.807) is 0 Å². The second-order valence-electron chi connectivity index (χ2n) is 5.73. The Hall–Kier alpha value is -0.120. The highest BCUT2D eigenvalue weighted by atomic mass is 16.3. The van der Waals surface area contributed by atoms with Gasteiger partial charge < -0.3 is 15.3 Å². The Morgan fingerprint density at radius 1 is 1.31 bits per heavy atom. The lowest BCUT2D eigenvalue weighted by Crippen LogP contribution is -2.49. The van der Waals surface area contributed by atoms with E-state index < -0.39 is 0 Å². The first-order valence-corrected chi connectivity index (χ1v) is 6.84. The van der Waals surface area contributed by atoms with E-state index in [1.165, 1.54) is 38.9 Å². The van der Waals surface area contributed by atoms with Crippen LogP contribution in [-0.4, -0.2) is 48.8 Å². The zero-order valence-electron chi connectivity index (χ0n) is 10.5. The third kappa shape index (κ3) is 4.04. The summed E-state index contributed by atoms with van der Waals surface area (Å²) in [4.78, 5) is 2.64. The molecule has 0 radical (unpaired) electrons. The number of nitrogens with zero attached hydrogens (tertiary/aromatic N) is 1. The molecule has 1 saturated carbocycles. The molecule has 16 heavy (non-hydrogen) atoms. The summed E-state index contributed by atoms with van der Waals surface area (Å²) in [6, 6.07) is 0.647. The lowest BCUT2D eigenvalue weighted by molar-refractivity contribution is 0.142. The van der Waals surface area contributed by atoms with Gasteiger partial charge in [-0.3, -0.25) is 0 Å². The second-order valence-corrected chi connectivity index (χ2v) is 5.73. The predicted molar refractivity (Wildman–Crippen MR) is 66.4 cm³/mol. The van der Waals surface area contributed by atoms with Crippen LogP contribution in [0.15, 0.2) is 0 Å². The van der Waals surface area contributed by atoms with Crippen LogP contribution in [0, 0.1) is 11.8 Å². The monoisotopic (exact) mass is 226 g/mol.